The Morgan fingerprint density at radius 3 is 1.54 bits per heavy atom. The van der Waals surface area contributed by atoms with Crippen LogP contribution in [0.2, 0.25) is 0 Å². The molecule has 0 heteroatoms. The van der Waals surface area contributed by atoms with Crippen molar-refractivity contribution in [2.24, 2.45) is 0 Å². The zero-order valence-corrected chi connectivity index (χ0v) is 19.6. The Morgan fingerprint density at radius 2 is 0.886 bits per heavy atom. The summed E-state index contributed by atoms with van der Waals surface area (Å²) in [6, 6.07) is 46.8. The summed E-state index contributed by atoms with van der Waals surface area (Å²) in [5, 5.41) is 10.4. The second-order valence-electron chi connectivity index (χ2n) is 9.47. The summed E-state index contributed by atoms with van der Waals surface area (Å²) in [5.41, 5.74) is 6.36. The minimum Gasteiger partial charge on any atom is -0.0616 e. The second-order valence-corrected chi connectivity index (χ2v) is 9.47. The summed E-state index contributed by atoms with van der Waals surface area (Å²) < 4.78 is 0. The van der Waals surface area contributed by atoms with Crippen molar-refractivity contribution in [3.8, 4) is 22.3 Å². The second kappa shape index (κ2) is 7.82. The van der Waals surface area contributed by atoms with Gasteiger partial charge in [-0.3, -0.25) is 0 Å². The van der Waals surface area contributed by atoms with E-state index in [1.807, 2.05) is 0 Å². The fourth-order valence-electron chi connectivity index (χ4n) is 5.55. The number of hydrogen-bond acceptors (Lipinski definition) is 0. The van der Waals surface area contributed by atoms with E-state index in [9.17, 15) is 0 Å². The molecule has 0 fully saturated rings. The van der Waals surface area contributed by atoms with Crippen LogP contribution in [0.1, 0.15) is 5.56 Å². The number of hydrogen-bond donors (Lipinski definition) is 0. The summed E-state index contributed by atoms with van der Waals surface area (Å²) in [6.45, 7) is 2.14. The van der Waals surface area contributed by atoms with Crippen LogP contribution in [0.3, 0.4) is 0 Å². The monoisotopic (exact) mass is 444 g/mol. The van der Waals surface area contributed by atoms with E-state index >= 15 is 0 Å². The van der Waals surface area contributed by atoms with Gasteiger partial charge >= 0.3 is 0 Å². The molecule has 0 saturated carbocycles. The van der Waals surface area contributed by atoms with E-state index in [0.717, 1.165) is 0 Å². The van der Waals surface area contributed by atoms with Crippen molar-refractivity contribution in [3.63, 3.8) is 0 Å². The lowest BCUT2D eigenvalue weighted by Gasteiger charge is -2.16. The quantitative estimate of drug-likeness (QED) is 0.233. The highest BCUT2D eigenvalue weighted by Crippen LogP contribution is 2.42. The molecule has 0 radical (unpaired) electrons. The van der Waals surface area contributed by atoms with Gasteiger partial charge in [0.15, 0.2) is 0 Å². The smallest absolute Gasteiger partial charge is 0.00259 e. The lowest BCUT2D eigenvalue weighted by atomic mass is 9.87. The van der Waals surface area contributed by atoms with Gasteiger partial charge in [-0.1, -0.05) is 115 Å². The third-order valence-electron chi connectivity index (χ3n) is 7.28. The van der Waals surface area contributed by atoms with Crippen molar-refractivity contribution in [2.75, 3.05) is 0 Å². The number of benzene rings is 7. The first-order chi connectivity index (χ1) is 17.3. The van der Waals surface area contributed by atoms with E-state index in [1.165, 1.54) is 70.9 Å². The maximum atomic E-state index is 2.39. The lowest BCUT2D eigenvalue weighted by Crippen LogP contribution is -1.89. The third-order valence-corrected chi connectivity index (χ3v) is 7.28. The van der Waals surface area contributed by atoms with Crippen LogP contribution in [0, 0.1) is 6.92 Å². The fourth-order valence-corrected chi connectivity index (χ4v) is 5.55. The van der Waals surface area contributed by atoms with Crippen LogP contribution in [0.25, 0.3) is 65.3 Å². The van der Waals surface area contributed by atoms with Gasteiger partial charge < -0.3 is 0 Å². The van der Waals surface area contributed by atoms with Crippen molar-refractivity contribution in [1.29, 1.82) is 0 Å². The first-order valence-corrected chi connectivity index (χ1v) is 12.2. The molecule has 35 heavy (non-hydrogen) atoms. The molecule has 0 amide bonds. The predicted molar refractivity (Wildman–Crippen MR) is 152 cm³/mol. The summed E-state index contributed by atoms with van der Waals surface area (Å²) in [5.74, 6) is 0. The minimum absolute atomic E-state index is 1.26. The standard InChI is InChI=1S/C35H24/c1-23-14-16-25(17-15-23)33-21-28-22-34(27-19-18-24-8-2-3-9-26(24)20-27)30-11-5-7-13-32(30)35(28)31-12-6-4-10-29(31)33/h2-22H,1H3. The van der Waals surface area contributed by atoms with Gasteiger partial charge in [0.1, 0.15) is 0 Å². The summed E-state index contributed by atoms with van der Waals surface area (Å²) >= 11 is 0. The number of aryl methyl sites for hydroxylation is 1. The molecule has 7 aromatic carbocycles. The van der Waals surface area contributed by atoms with E-state index in [2.05, 4.69) is 134 Å². The van der Waals surface area contributed by atoms with E-state index in [4.69, 9.17) is 0 Å². The molecule has 0 N–H and O–H groups in total. The summed E-state index contributed by atoms with van der Waals surface area (Å²) in [4.78, 5) is 0. The van der Waals surface area contributed by atoms with Crippen LogP contribution in [-0.2, 0) is 0 Å². The molecule has 0 atom stereocenters. The molecule has 7 rings (SSSR count). The van der Waals surface area contributed by atoms with E-state index in [0.29, 0.717) is 0 Å². The van der Waals surface area contributed by atoms with E-state index in [-0.39, 0.29) is 0 Å². The van der Waals surface area contributed by atoms with Crippen LogP contribution in [-0.4, -0.2) is 0 Å². The molecule has 0 aliphatic rings. The normalized spacial score (nSPS) is 11.6. The predicted octanol–water partition coefficient (Wildman–Crippen LogP) is 9.94. The molecular weight excluding hydrogens is 420 g/mol. The van der Waals surface area contributed by atoms with Crippen molar-refractivity contribution in [3.05, 3.63) is 133 Å². The maximum Gasteiger partial charge on any atom is -0.00259 e. The Kier molecular flexibility index (Phi) is 4.47. The average Bonchev–Trinajstić information content (AvgIpc) is 2.92. The molecular formula is C35H24. The molecule has 0 heterocycles. The molecule has 0 aliphatic carbocycles. The van der Waals surface area contributed by atoms with Crippen LogP contribution < -0.4 is 0 Å². The van der Waals surface area contributed by atoms with Crippen LogP contribution in [0.15, 0.2) is 127 Å². The van der Waals surface area contributed by atoms with Crippen LogP contribution in [0.4, 0.5) is 0 Å². The third kappa shape index (κ3) is 3.22. The average molecular weight is 445 g/mol. The highest BCUT2D eigenvalue weighted by atomic mass is 14.2. The summed E-state index contributed by atoms with van der Waals surface area (Å²) in [7, 11) is 0. The Labute approximate surface area is 205 Å². The van der Waals surface area contributed by atoms with Gasteiger partial charge in [-0.25, -0.2) is 0 Å². The molecule has 0 spiro atoms. The largest absolute Gasteiger partial charge is 0.0616 e. The Balaban J connectivity index is 1.61. The van der Waals surface area contributed by atoms with Gasteiger partial charge in [-0.05, 0) is 90.5 Å². The van der Waals surface area contributed by atoms with Gasteiger partial charge in [0.05, 0.1) is 0 Å². The molecule has 0 nitrogen and oxygen atoms in total. The van der Waals surface area contributed by atoms with Gasteiger partial charge in [-0.15, -0.1) is 0 Å². The Morgan fingerprint density at radius 1 is 0.371 bits per heavy atom. The fraction of sp³-hybridized carbons (Fsp3) is 0.0286. The minimum atomic E-state index is 1.26. The van der Waals surface area contributed by atoms with Crippen molar-refractivity contribution >= 4 is 43.1 Å². The van der Waals surface area contributed by atoms with Crippen LogP contribution >= 0.6 is 0 Å². The number of rotatable bonds is 2. The lowest BCUT2D eigenvalue weighted by molar-refractivity contribution is 1.47. The zero-order chi connectivity index (χ0) is 23.4. The van der Waals surface area contributed by atoms with Gasteiger partial charge in [0, 0.05) is 0 Å². The highest BCUT2D eigenvalue weighted by molar-refractivity contribution is 6.25. The highest BCUT2D eigenvalue weighted by Gasteiger charge is 2.14. The molecule has 0 aromatic heterocycles. The topological polar surface area (TPSA) is 0 Å². The SMILES string of the molecule is Cc1ccc(-c2cc3cc(-c4ccc5ccccc5c4)c4ccccc4c3c3ccccc23)cc1. The molecule has 164 valence electrons. The molecule has 0 aliphatic heterocycles. The number of fused-ring (bicyclic) bond motifs is 6. The first-order valence-electron chi connectivity index (χ1n) is 12.2. The first kappa shape index (κ1) is 20.0. The van der Waals surface area contributed by atoms with Gasteiger partial charge in [0.2, 0.25) is 0 Å². The maximum absolute atomic E-state index is 2.39. The van der Waals surface area contributed by atoms with Gasteiger partial charge in [0.25, 0.3) is 0 Å². The molecule has 7 aromatic rings. The zero-order valence-electron chi connectivity index (χ0n) is 19.6. The van der Waals surface area contributed by atoms with Crippen molar-refractivity contribution in [1.82, 2.24) is 0 Å². The van der Waals surface area contributed by atoms with Crippen molar-refractivity contribution < 1.29 is 0 Å². The van der Waals surface area contributed by atoms with E-state index in [1.54, 1.807) is 0 Å². The molecule has 0 saturated heterocycles. The van der Waals surface area contributed by atoms with Crippen molar-refractivity contribution in [2.45, 2.75) is 6.92 Å². The molecule has 0 bridgehead atoms. The Hall–Kier alpha value is -4.42. The van der Waals surface area contributed by atoms with E-state index < -0.39 is 0 Å². The molecule has 0 unspecified atom stereocenters. The van der Waals surface area contributed by atoms with Gasteiger partial charge in [-0.2, -0.15) is 0 Å². The Bertz CT molecular complexity index is 1890. The summed E-state index contributed by atoms with van der Waals surface area (Å²) in [6.07, 6.45) is 0. The van der Waals surface area contributed by atoms with Crippen LogP contribution in [0.5, 0.6) is 0 Å².